The van der Waals surface area contributed by atoms with Gasteiger partial charge in [-0.1, -0.05) is 0 Å². The molecule has 0 aromatic rings. The Bertz CT molecular complexity index is 143. The van der Waals surface area contributed by atoms with Crippen molar-refractivity contribution in [3.63, 3.8) is 0 Å². The zero-order valence-corrected chi connectivity index (χ0v) is 4.28. The number of epoxide rings is 2. The molecule has 0 aromatic heterocycles. The average Bonchev–Trinajstić information content (AvgIpc) is 2.55. The fraction of sp³-hybridized carbons (Fsp3) is 1.00. The van der Waals surface area contributed by atoms with Crippen molar-refractivity contribution in [2.24, 2.45) is 11.8 Å². The summed E-state index contributed by atoms with van der Waals surface area (Å²) in [6.07, 6.45) is 2.62. The Labute approximate surface area is 46.8 Å². The highest BCUT2D eigenvalue weighted by atomic mass is 16.7. The van der Waals surface area contributed by atoms with E-state index in [4.69, 9.17) is 9.47 Å². The second-order valence-electron chi connectivity index (χ2n) is 3.29. The smallest absolute Gasteiger partial charge is 0.0904 e. The summed E-state index contributed by atoms with van der Waals surface area (Å²) in [4.78, 5) is 0. The van der Waals surface area contributed by atoms with E-state index in [0.717, 1.165) is 11.8 Å². The highest BCUT2D eigenvalue weighted by molar-refractivity contribution is 5.29. The molecule has 2 aliphatic carbocycles. The molecule has 0 amide bonds. The van der Waals surface area contributed by atoms with Crippen molar-refractivity contribution in [3.8, 4) is 0 Å². The van der Waals surface area contributed by atoms with Crippen molar-refractivity contribution in [3.05, 3.63) is 0 Å². The summed E-state index contributed by atoms with van der Waals surface area (Å²) in [5.41, 5.74) is 0. The van der Waals surface area contributed by atoms with Gasteiger partial charge in [-0.15, -0.1) is 0 Å². The van der Waals surface area contributed by atoms with E-state index >= 15 is 0 Å². The molecule has 0 N–H and O–H groups in total. The molecule has 2 nitrogen and oxygen atoms in total. The highest BCUT2D eigenvalue weighted by Crippen LogP contribution is 2.70. The SMILES string of the molecule is O1C2C1C1C3OC3C21. The molecule has 4 aliphatic rings. The molecule has 42 valence electrons. The van der Waals surface area contributed by atoms with Crippen LogP contribution in [0.25, 0.3) is 0 Å². The quantitative estimate of drug-likeness (QED) is 0.403. The first-order valence-corrected chi connectivity index (χ1v) is 3.28. The van der Waals surface area contributed by atoms with Crippen LogP contribution in [-0.2, 0) is 9.47 Å². The minimum atomic E-state index is 0.656. The summed E-state index contributed by atoms with van der Waals surface area (Å²) in [6.45, 7) is 0. The summed E-state index contributed by atoms with van der Waals surface area (Å²) in [7, 11) is 0. The maximum absolute atomic E-state index is 5.34. The van der Waals surface area contributed by atoms with Crippen LogP contribution in [-0.4, -0.2) is 24.4 Å². The summed E-state index contributed by atoms with van der Waals surface area (Å²) in [5, 5.41) is 0. The van der Waals surface area contributed by atoms with Crippen molar-refractivity contribution < 1.29 is 9.47 Å². The minimum absolute atomic E-state index is 0.656. The monoisotopic (exact) mass is 110 g/mol. The minimum Gasteiger partial charge on any atom is -0.369 e. The Morgan fingerprint density at radius 1 is 0.625 bits per heavy atom. The Hall–Kier alpha value is -0.0800. The van der Waals surface area contributed by atoms with Gasteiger partial charge in [0.05, 0.1) is 24.4 Å². The molecule has 2 heterocycles. The van der Waals surface area contributed by atoms with Crippen LogP contribution in [0.4, 0.5) is 0 Å². The lowest BCUT2D eigenvalue weighted by Crippen LogP contribution is -2.52. The summed E-state index contributed by atoms with van der Waals surface area (Å²) in [6, 6.07) is 0. The highest BCUT2D eigenvalue weighted by Gasteiger charge is 2.83. The number of fused-ring (bicyclic) bond motifs is 7. The first-order chi connectivity index (χ1) is 3.97. The third-order valence-electron chi connectivity index (χ3n) is 3.08. The Morgan fingerprint density at radius 3 is 1.38 bits per heavy atom. The van der Waals surface area contributed by atoms with Gasteiger partial charge in [0.2, 0.25) is 0 Å². The molecule has 0 radical (unpaired) electrons. The van der Waals surface area contributed by atoms with Crippen molar-refractivity contribution in [2.75, 3.05) is 0 Å². The van der Waals surface area contributed by atoms with E-state index in [1.54, 1.807) is 0 Å². The van der Waals surface area contributed by atoms with Crippen LogP contribution < -0.4 is 0 Å². The Kier molecular flexibility index (Phi) is 0.243. The summed E-state index contributed by atoms with van der Waals surface area (Å²) < 4.78 is 10.7. The predicted molar refractivity (Wildman–Crippen MR) is 24.3 cm³/mol. The van der Waals surface area contributed by atoms with Gasteiger partial charge in [0.1, 0.15) is 0 Å². The second-order valence-corrected chi connectivity index (χ2v) is 3.29. The Balaban J connectivity index is 1.88. The maximum atomic E-state index is 5.34. The fourth-order valence-electron chi connectivity index (χ4n) is 2.47. The zero-order valence-electron chi connectivity index (χ0n) is 4.28. The van der Waals surface area contributed by atoms with Gasteiger partial charge in [-0.05, 0) is 0 Å². The van der Waals surface area contributed by atoms with Crippen molar-refractivity contribution >= 4 is 0 Å². The van der Waals surface area contributed by atoms with Crippen LogP contribution in [0, 0.1) is 11.8 Å². The third-order valence-corrected chi connectivity index (χ3v) is 3.08. The Morgan fingerprint density at radius 2 is 1.00 bits per heavy atom. The van der Waals surface area contributed by atoms with Crippen molar-refractivity contribution in [1.29, 1.82) is 0 Å². The van der Waals surface area contributed by atoms with E-state index in [-0.39, 0.29) is 0 Å². The molecule has 0 aromatic carbocycles. The first kappa shape index (κ1) is 3.18. The molecule has 2 heteroatoms. The van der Waals surface area contributed by atoms with Gasteiger partial charge in [-0.25, -0.2) is 0 Å². The summed E-state index contributed by atoms with van der Waals surface area (Å²) in [5.74, 6) is 1.70. The lowest BCUT2D eigenvalue weighted by molar-refractivity contribution is 0.161. The van der Waals surface area contributed by atoms with E-state index < -0.39 is 0 Å². The van der Waals surface area contributed by atoms with Crippen LogP contribution in [0.3, 0.4) is 0 Å². The third kappa shape index (κ3) is 0.141. The lowest BCUT2D eigenvalue weighted by Gasteiger charge is -2.36. The van der Waals surface area contributed by atoms with Crippen LogP contribution in [0.15, 0.2) is 0 Å². The van der Waals surface area contributed by atoms with Crippen molar-refractivity contribution in [2.45, 2.75) is 24.4 Å². The van der Waals surface area contributed by atoms with Gasteiger partial charge < -0.3 is 9.47 Å². The van der Waals surface area contributed by atoms with E-state index in [2.05, 4.69) is 0 Å². The standard InChI is InChI=1S/C6H6O2/c7-3-1-2(5(3)7)6-4(1)8-6/h1-6H. The molecule has 0 bridgehead atoms. The molecule has 0 spiro atoms. The van der Waals surface area contributed by atoms with Crippen LogP contribution in [0.1, 0.15) is 0 Å². The molecule has 2 saturated carbocycles. The summed E-state index contributed by atoms with van der Waals surface area (Å²) >= 11 is 0. The van der Waals surface area contributed by atoms with E-state index in [9.17, 15) is 0 Å². The molecular weight excluding hydrogens is 104 g/mol. The molecule has 4 rings (SSSR count). The second kappa shape index (κ2) is 0.611. The van der Waals surface area contributed by atoms with E-state index in [0.29, 0.717) is 24.4 Å². The lowest BCUT2D eigenvalue weighted by atomic mass is 9.60. The van der Waals surface area contributed by atoms with Crippen LogP contribution in [0.2, 0.25) is 0 Å². The topological polar surface area (TPSA) is 25.1 Å². The average molecular weight is 110 g/mol. The number of ether oxygens (including phenoxy) is 2. The van der Waals surface area contributed by atoms with Gasteiger partial charge in [-0.2, -0.15) is 0 Å². The molecule has 2 aliphatic heterocycles. The molecule has 4 fully saturated rings. The number of rotatable bonds is 0. The van der Waals surface area contributed by atoms with Crippen LogP contribution >= 0.6 is 0 Å². The predicted octanol–water partition coefficient (Wildman–Crippen LogP) is -0.219. The number of hydrogen-bond donors (Lipinski definition) is 0. The maximum Gasteiger partial charge on any atom is 0.0904 e. The zero-order chi connectivity index (χ0) is 4.88. The molecule has 2 saturated heterocycles. The van der Waals surface area contributed by atoms with Gasteiger partial charge in [0, 0.05) is 11.8 Å². The molecular formula is C6H6O2. The van der Waals surface area contributed by atoms with E-state index in [1.807, 2.05) is 0 Å². The number of hydrogen-bond acceptors (Lipinski definition) is 2. The van der Waals surface area contributed by atoms with Gasteiger partial charge in [0.15, 0.2) is 0 Å². The van der Waals surface area contributed by atoms with Gasteiger partial charge >= 0.3 is 0 Å². The van der Waals surface area contributed by atoms with Crippen LogP contribution in [0.5, 0.6) is 0 Å². The van der Waals surface area contributed by atoms with Gasteiger partial charge in [0.25, 0.3) is 0 Å². The molecule has 8 heavy (non-hydrogen) atoms. The molecule has 4 unspecified atom stereocenters. The molecule has 4 atom stereocenters. The normalized spacial score (nSPS) is 87.0. The van der Waals surface area contributed by atoms with Crippen molar-refractivity contribution in [1.82, 2.24) is 0 Å². The largest absolute Gasteiger partial charge is 0.369 e. The van der Waals surface area contributed by atoms with E-state index in [1.165, 1.54) is 0 Å². The fourth-order valence-corrected chi connectivity index (χ4v) is 2.47. The van der Waals surface area contributed by atoms with Gasteiger partial charge in [-0.3, -0.25) is 0 Å². The first-order valence-electron chi connectivity index (χ1n) is 3.28.